The normalized spacial score (nSPS) is 10.3. The molecule has 8 heteroatoms. The highest BCUT2D eigenvalue weighted by Crippen LogP contribution is 2.46. The van der Waals surface area contributed by atoms with E-state index in [-0.39, 0.29) is 5.75 Å². The van der Waals surface area contributed by atoms with E-state index < -0.39 is 12.2 Å². The average Bonchev–Trinajstić information content (AvgIpc) is 2.59. The van der Waals surface area contributed by atoms with Crippen molar-refractivity contribution < 1.29 is 23.8 Å². The van der Waals surface area contributed by atoms with Crippen LogP contribution in [-0.2, 0) is 0 Å². The van der Waals surface area contributed by atoms with Crippen molar-refractivity contribution in [3.05, 3.63) is 28.2 Å². The van der Waals surface area contributed by atoms with Gasteiger partial charge >= 0.3 is 12.2 Å². The third-order valence-electron chi connectivity index (χ3n) is 3.59. The quantitative estimate of drug-likeness (QED) is 0.752. The molecule has 0 spiro atoms. The van der Waals surface area contributed by atoms with Gasteiger partial charge in [-0.3, -0.25) is 0 Å². The van der Waals surface area contributed by atoms with Gasteiger partial charge in [0.15, 0.2) is 11.5 Å². The summed E-state index contributed by atoms with van der Waals surface area (Å²) < 4.78 is 17.2. The van der Waals surface area contributed by atoms with Gasteiger partial charge in [0.25, 0.3) is 0 Å². The van der Waals surface area contributed by atoms with Crippen LogP contribution in [0.1, 0.15) is 19.4 Å². The van der Waals surface area contributed by atoms with Crippen LogP contribution < -0.4 is 24.8 Å². The fourth-order valence-electron chi connectivity index (χ4n) is 2.52. The molecule has 26 heavy (non-hydrogen) atoms. The van der Waals surface area contributed by atoms with E-state index in [0.717, 1.165) is 4.47 Å². The van der Waals surface area contributed by atoms with Crippen LogP contribution in [0.25, 0.3) is 10.8 Å². The number of nitrogens with one attached hydrogen (secondary N) is 2. The van der Waals surface area contributed by atoms with Crippen molar-refractivity contribution in [2.75, 3.05) is 20.2 Å². The first kappa shape index (κ1) is 19.8. The monoisotopic (exact) mass is 424 g/mol. The van der Waals surface area contributed by atoms with Gasteiger partial charge in [-0.1, -0.05) is 15.9 Å². The van der Waals surface area contributed by atoms with Gasteiger partial charge < -0.3 is 24.8 Å². The smallest absolute Gasteiger partial charge is 0.412 e. The molecule has 2 N–H and O–H groups in total. The summed E-state index contributed by atoms with van der Waals surface area (Å²) in [5.41, 5.74) is 0.549. The summed E-state index contributed by atoms with van der Waals surface area (Å²) in [6.07, 6.45) is -1.16. The minimum atomic E-state index is -0.594. The molecule has 0 atom stereocenters. The Morgan fingerprint density at radius 1 is 0.962 bits per heavy atom. The van der Waals surface area contributed by atoms with Gasteiger partial charge in [-0.2, -0.15) is 0 Å². The fourth-order valence-corrected chi connectivity index (χ4v) is 2.89. The SMILES string of the molecule is CCNC(=O)Oc1c(C)c(OC)c(OC(=O)NCC)c2cc(Br)ccc12. The molecule has 2 rings (SSSR count). The second-order valence-corrected chi connectivity index (χ2v) is 6.26. The predicted octanol–water partition coefficient (Wildman–Crippen LogP) is 4.14. The van der Waals surface area contributed by atoms with E-state index in [0.29, 0.717) is 40.9 Å². The van der Waals surface area contributed by atoms with E-state index in [9.17, 15) is 9.59 Å². The molecule has 0 unspecified atom stereocenters. The van der Waals surface area contributed by atoms with Crippen LogP contribution in [0.15, 0.2) is 22.7 Å². The number of carbonyl (C=O) groups is 2. The highest BCUT2D eigenvalue weighted by Gasteiger charge is 2.23. The number of hydrogen-bond acceptors (Lipinski definition) is 5. The number of hydrogen-bond donors (Lipinski definition) is 2. The van der Waals surface area contributed by atoms with Gasteiger partial charge in [0, 0.05) is 33.9 Å². The first-order valence-corrected chi connectivity index (χ1v) is 8.93. The van der Waals surface area contributed by atoms with Gasteiger partial charge in [0.05, 0.1) is 7.11 Å². The van der Waals surface area contributed by atoms with Crippen molar-refractivity contribution in [1.29, 1.82) is 0 Å². The van der Waals surface area contributed by atoms with Crippen LogP contribution in [-0.4, -0.2) is 32.4 Å². The summed E-state index contributed by atoms with van der Waals surface area (Å²) >= 11 is 3.41. The maximum absolute atomic E-state index is 12.0. The Labute approximate surface area is 160 Å². The lowest BCUT2D eigenvalue weighted by molar-refractivity contribution is 0.197. The molecular weight excluding hydrogens is 404 g/mol. The summed E-state index contributed by atoms with van der Waals surface area (Å²) in [5.74, 6) is 0.926. The van der Waals surface area contributed by atoms with Gasteiger partial charge in [-0.15, -0.1) is 0 Å². The third kappa shape index (κ3) is 4.19. The van der Waals surface area contributed by atoms with Crippen molar-refractivity contribution in [2.45, 2.75) is 20.8 Å². The molecule has 0 saturated heterocycles. The Kier molecular flexibility index (Phi) is 6.68. The zero-order chi connectivity index (χ0) is 19.3. The molecule has 0 aromatic heterocycles. The Bertz CT molecular complexity index is 838. The zero-order valence-corrected chi connectivity index (χ0v) is 16.7. The van der Waals surface area contributed by atoms with E-state index in [4.69, 9.17) is 14.2 Å². The first-order chi connectivity index (χ1) is 12.4. The minimum Gasteiger partial charge on any atom is -0.492 e. The van der Waals surface area contributed by atoms with Crippen molar-refractivity contribution in [2.24, 2.45) is 0 Å². The maximum Gasteiger partial charge on any atom is 0.412 e. The van der Waals surface area contributed by atoms with E-state index in [1.807, 2.05) is 6.07 Å². The Hall–Kier alpha value is -2.48. The molecule has 2 aromatic rings. The molecular formula is C18H21BrN2O5. The molecule has 0 saturated carbocycles. The number of halogens is 1. The Balaban J connectivity index is 2.69. The molecule has 0 bridgehead atoms. The molecule has 0 aliphatic heterocycles. The standard InChI is InChI=1S/C18H21BrN2O5/c1-5-20-17(22)25-14-10(3)15(24-4)16(26-18(23)21-6-2)13-9-11(19)7-8-12(13)14/h7-9H,5-6H2,1-4H3,(H,20,22)(H,21,23). The molecule has 2 amide bonds. The Morgan fingerprint density at radius 2 is 1.54 bits per heavy atom. The lowest BCUT2D eigenvalue weighted by Crippen LogP contribution is -2.27. The number of amides is 2. The third-order valence-corrected chi connectivity index (χ3v) is 4.09. The summed E-state index contributed by atoms with van der Waals surface area (Å²) in [6, 6.07) is 5.37. The molecule has 0 radical (unpaired) electrons. The minimum absolute atomic E-state index is 0.260. The van der Waals surface area contributed by atoms with E-state index in [2.05, 4.69) is 26.6 Å². The lowest BCUT2D eigenvalue weighted by Gasteiger charge is -2.19. The maximum atomic E-state index is 12.0. The number of ether oxygens (including phenoxy) is 3. The van der Waals surface area contributed by atoms with Crippen LogP contribution >= 0.6 is 15.9 Å². The summed E-state index contributed by atoms with van der Waals surface area (Å²) in [4.78, 5) is 23.9. The number of carbonyl (C=O) groups excluding carboxylic acids is 2. The second-order valence-electron chi connectivity index (χ2n) is 5.35. The van der Waals surface area contributed by atoms with Gasteiger partial charge in [0.2, 0.25) is 0 Å². The second kappa shape index (κ2) is 8.75. The molecule has 0 heterocycles. The van der Waals surface area contributed by atoms with Crippen LogP contribution in [0.3, 0.4) is 0 Å². The molecule has 2 aromatic carbocycles. The first-order valence-electron chi connectivity index (χ1n) is 8.14. The predicted molar refractivity (Wildman–Crippen MR) is 102 cm³/mol. The van der Waals surface area contributed by atoms with E-state index >= 15 is 0 Å². The number of benzene rings is 2. The molecule has 0 aliphatic rings. The number of methoxy groups -OCH3 is 1. The highest BCUT2D eigenvalue weighted by atomic mass is 79.9. The van der Waals surface area contributed by atoms with Crippen molar-refractivity contribution in [1.82, 2.24) is 10.6 Å². The zero-order valence-electron chi connectivity index (χ0n) is 15.1. The summed E-state index contributed by atoms with van der Waals surface area (Å²) in [7, 11) is 1.46. The van der Waals surface area contributed by atoms with Crippen LogP contribution in [0.2, 0.25) is 0 Å². The van der Waals surface area contributed by atoms with Crippen LogP contribution in [0.4, 0.5) is 9.59 Å². The topological polar surface area (TPSA) is 85.9 Å². The summed E-state index contributed by atoms with van der Waals surface area (Å²) in [5, 5.41) is 6.37. The van der Waals surface area contributed by atoms with E-state index in [1.54, 1.807) is 32.9 Å². The average molecular weight is 425 g/mol. The van der Waals surface area contributed by atoms with Crippen LogP contribution in [0.5, 0.6) is 17.2 Å². The molecule has 7 nitrogen and oxygen atoms in total. The number of fused-ring (bicyclic) bond motifs is 1. The number of rotatable bonds is 5. The molecule has 140 valence electrons. The fraction of sp³-hybridized carbons (Fsp3) is 0.333. The van der Waals surface area contributed by atoms with Gasteiger partial charge in [-0.25, -0.2) is 9.59 Å². The largest absolute Gasteiger partial charge is 0.492 e. The van der Waals surface area contributed by atoms with Crippen LogP contribution in [0, 0.1) is 6.92 Å². The van der Waals surface area contributed by atoms with Gasteiger partial charge in [0.1, 0.15) is 5.75 Å². The van der Waals surface area contributed by atoms with E-state index in [1.165, 1.54) is 7.11 Å². The molecule has 0 fully saturated rings. The van der Waals surface area contributed by atoms with Crippen molar-refractivity contribution in [3.8, 4) is 17.2 Å². The highest BCUT2D eigenvalue weighted by molar-refractivity contribution is 9.10. The van der Waals surface area contributed by atoms with Crippen molar-refractivity contribution >= 4 is 38.9 Å². The molecule has 0 aliphatic carbocycles. The van der Waals surface area contributed by atoms with Crippen molar-refractivity contribution in [3.63, 3.8) is 0 Å². The Morgan fingerprint density at radius 3 is 2.08 bits per heavy atom. The summed E-state index contributed by atoms with van der Waals surface area (Å²) in [6.45, 7) is 6.20. The lowest BCUT2D eigenvalue weighted by atomic mass is 10.0. The van der Waals surface area contributed by atoms with Gasteiger partial charge in [-0.05, 0) is 39.0 Å².